The van der Waals surface area contributed by atoms with Gasteiger partial charge in [-0.25, -0.2) is 0 Å². The fourth-order valence-corrected chi connectivity index (χ4v) is 2.13. The van der Waals surface area contributed by atoms with Gasteiger partial charge in [-0.05, 0) is 25.0 Å². The summed E-state index contributed by atoms with van der Waals surface area (Å²) < 4.78 is 34.8. The van der Waals surface area contributed by atoms with Crippen molar-refractivity contribution < 1.29 is 17.1 Å². The highest BCUT2D eigenvalue weighted by atomic mass is 32.3. The average Bonchev–Trinajstić information content (AvgIpc) is 2.34. The van der Waals surface area contributed by atoms with Crippen molar-refractivity contribution in [1.82, 2.24) is 0 Å². The van der Waals surface area contributed by atoms with Crippen molar-refractivity contribution in [2.75, 3.05) is 5.32 Å². The number of anilines is 1. The molecular formula is C13H14FNO3S. The van der Waals surface area contributed by atoms with E-state index in [1.54, 1.807) is 0 Å². The third-order valence-corrected chi connectivity index (χ3v) is 3.28. The molecule has 0 heterocycles. The second-order valence-electron chi connectivity index (χ2n) is 3.89. The molecule has 1 aromatic rings. The highest BCUT2D eigenvalue weighted by Crippen LogP contribution is 2.22. The van der Waals surface area contributed by atoms with Crippen LogP contribution in [0, 0.1) is 12.3 Å². The Morgan fingerprint density at radius 3 is 2.63 bits per heavy atom. The molecule has 0 saturated heterocycles. The standard InChI is InChI=1S/C13H14FNO3S/c1-2-3-4-5-10-13(16)15-11-8-6-7-9-12(11)19(14,17)18/h1,6-9H,3-5,10H2,(H,15,16). The Labute approximate surface area is 112 Å². The van der Waals surface area contributed by atoms with E-state index in [0.717, 1.165) is 6.07 Å². The van der Waals surface area contributed by atoms with Crippen LogP contribution in [0.5, 0.6) is 0 Å². The van der Waals surface area contributed by atoms with E-state index in [0.29, 0.717) is 19.3 Å². The van der Waals surface area contributed by atoms with Gasteiger partial charge in [-0.15, -0.1) is 16.2 Å². The summed E-state index contributed by atoms with van der Waals surface area (Å²) in [4.78, 5) is 11.0. The van der Waals surface area contributed by atoms with E-state index >= 15 is 0 Å². The van der Waals surface area contributed by atoms with Crippen LogP contribution in [0.2, 0.25) is 0 Å². The lowest BCUT2D eigenvalue weighted by atomic mass is 10.2. The zero-order valence-electron chi connectivity index (χ0n) is 10.2. The predicted octanol–water partition coefficient (Wildman–Crippen LogP) is 2.48. The third-order valence-electron chi connectivity index (χ3n) is 2.40. The number of carbonyl (C=O) groups is 1. The number of unbranched alkanes of at least 4 members (excludes halogenated alkanes) is 2. The van der Waals surface area contributed by atoms with E-state index in [1.165, 1.54) is 18.2 Å². The lowest BCUT2D eigenvalue weighted by Gasteiger charge is -2.07. The zero-order chi connectivity index (χ0) is 14.3. The van der Waals surface area contributed by atoms with Gasteiger partial charge in [0.2, 0.25) is 5.91 Å². The normalized spacial score (nSPS) is 10.7. The van der Waals surface area contributed by atoms with Gasteiger partial charge in [0.05, 0.1) is 5.69 Å². The van der Waals surface area contributed by atoms with E-state index in [-0.39, 0.29) is 18.0 Å². The van der Waals surface area contributed by atoms with Crippen LogP contribution in [0.25, 0.3) is 0 Å². The molecule has 4 nitrogen and oxygen atoms in total. The second-order valence-corrected chi connectivity index (χ2v) is 5.21. The molecule has 0 aliphatic rings. The molecule has 102 valence electrons. The summed E-state index contributed by atoms with van der Waals surface area (Å²) in [7, 11) is -4.85. The van der Waals surface area contributed by atoms with E-state index < -0.39 is 15.1 Å². The first-order valence-electron chi connectivity index (χ1n) is 5.72. The molecule has 1 amide bonds. The maximum Gasteiger partial charge on any atom is 0.334 e. The zero-order valence-corrected chi connectivity index (χ0v) is 11.0. The van der Waals surface area contributed by atoms with Gasteiger partial charge in [0, 0.05) is 12.8 Å². The van der Waals surface area contributed by atoms with Crippen LogP contribution in [-0.2, 0) is 15.0 Å². The highest BCUT2D eigenvalue weighted by Gasteiger charge is 2.17. The number of amides is 1. The maximum atomic E-state index is 13.0. The fourth-order valence-electron chi connectivity index (χ4n) is 1.51. The van der Waals surface area contributed by atoms with Gasteiger partial charge in [0.1, 0.15) is 4.90 Å². The van der Waals surface area contributed by atoms with Crippen LogP contribution < -0.4 is 5.32 Å². The van der Waals surface area contributed by atoms with E-state index in [2.05, 4.69) is 11.2 Å². The Balaban J connectivity index is 2.68. The molecule has 1 rings (SSSR count). The van der Waals surface area contributed by atoms with Crippen LogP contribution in [0.4, 0.5) is 9.57 Å². The van der Waals surface area contributed by atoms with Crippen molar-refractivity contribution in [2.24, 2.45) is 0 Å². The Kier molecular flexibility index (Phi) is 5.52. The average molecular weight is 283 g/mol. The molecule has 0 bridgehead atoms. The topological polar surface area (TPSA) is 63.2 Å². The number of carbonyl (C=O) groups excluding carboxylic acids is 1. The summed E-state index contributed by atoms with van der Waals surface area (Å²) in [5.41, 5.74) is -0.0491. The molecule has 0 atom stereocenters. The quantitative estimate of drug-likeness (QED) is 0.495. The Hall–Kier alpha value is -1.87. The maximum absolute atomic E-state index is 13.0. The SMILES string of the molecule is C#CCCCCC(=O)Nc1ccccc1S(=O)(=O)F. The van der Waals surface area contributed by atoms with Crippen LogP contribution in [-0.4, -0.2) is 14.3 Å². The first-order chi connectivity index (χ1) is 8.95. The number of terminal acetylenes is 1. The van der Waals surface area contributed by atoms with Crippen molar-refractivity contribution in [3.05, 3.63) is 24.3 Å². The van der Waals surface area contributed by atoms with Gasteiger partial charge in [-0.1, -0.05) is 12.1 Å². The number of nitrogens with one attached hydrogen (secondary N) is 1. The van der Waals surface area contributed by atoms with E-state index in [4.69, 9.17) is 6.42 Å². The minimum absolute atomic E-state index is 0.0491. The predicted molar refractivity (Wildman–Crippen MR) is 70.7 cm³/mol. The van der Waals surface area contributed by atoms with Crippen molar-refractivity contribution >= 4 is 21.8 Å². The van der Waals surface area contributed by atoms with Crippen molar-refractivity contribution in [2.45, 2.75) is 30.6 Å². The molecule has 19 heavy (non-hydrogen) atoms. The second kappa shape index (κ2) is 6.90. The summed E-state index contributed by atoms with van der Waals surface area (Å²) in [5.74, 6) is 2.09. The number of para-hydroxylation sites is 1. The lowest BCUT2D eigenvalue weighted by Crippen LogP contribution is -2.13. The smallest absolute Gasteiger partial charge is 0.325 e. The number of hydrogen-bond donors (Lipinski definition) is 1. The lowest BCUT2D eigenvalue weighted by molar-refractivity contribution is -0.116. The molecule has 0 aromatic heterocycles. The molecule has 0 spiro atoms. The number of hydrogen-bond acceptors (Lipinski definition) is 3. The first-order valence-corrected chi connectivity index (χ1v) is 7.10. The molecule has 0 saturated carbocycles. The number of benzene rings is 1. The van der Waals surface area contributed by atoms with Crippen LogP contribution in [0.15, 0.2) is 29.2 Å². The molecule has 0 unspecified atom stereocenters. The molecule has 0 aliphatic heterocycles. The summed E-state index contributed by atoms with van der Waals surface area (Å²) >= 11 is 0. The van der Waals surface area contributed by atoms with Crippen molar-refractivity contribution in [3.8, 4) is 12.3 Å². The molecule has 0 radical (unpaired) electrons. The monoisotopic (exact) mass is 283 g/mol. The molecule has 1 N–H and O–H groups in total. The summed E-state index contributed by atoms with van der Waals surface area (Å²) in [6.07, 6.45) is 7.19. The Bertz CT molecular complexity index is 590. The molecular weight excluding hydrogens is 269 g/mol. The van der Waals surface area contributed by atoms with E-state index in [9.17, 15) is 17.1 Å². The molecule has 0 aliphatic carbocycles. The summed E-state index contributed by atoms with van der Waals surface area (Å²) in [6, 6.07) is 5.34. The number of halogens is 1. The Morgan fingerprint density at radius 2 is 2.00 bits per heavy atom. The van der Waals surface area contributed by atoms with E-state index in [1.807, 2.05) is 0 Å². The van der Waals surface area contributed by atoms with Gasteiger partial charge in [-0.3, -0.25) is 4.79 Å². The minimum atomic E-state index is -4.85. The summed E-state index contributed by atoms with van der Waals surface area (Å²) in [5, 5.41) is 2.38. The minimum Gasteiger partial charge on any atom is -0.325 e. The van der Waals surface area contributed by atoms with Crippen LogP contribution in [0.1, 0.15) is 25.7 Å². The van der Waals surface area contributed by atoms with Gasteiger partial charge < -0.3 is 5.32 Å². The molecule has 6 heteroatoms. The number of rotatable bonds is 6. The van der Waals surface area contributed by atoms with Gasteiger partial charge in [0.25, 0.3) is 0 Å². The van der Waals surface area contributed by atoms with Crippen LogP contribution in [0.3, 0.4) is 0 Å². The first kappa shape index (κ1) is 15.2. The van der Waals surface area contributed by atoms with Crippen LogP contribution >= 0.6 is 0 Å². The fraction of sp³-hybridized carbons (Fsp3) is 0.308. The van der Waals surface area contributed by atoms with Crippen molar-refractivity contribution in [3.63, 3.8) is 0 Å². The largest absolute Gasteiger partial charge is 0.334 e. The molecule has 0 fully saturated rings. The highest BCUT2D eigenvalue weighted by molar-refractivity contribution is 7.86. The van der Waals surface area contributed by atoms with Gasteiger partial charge in [0.15, 0.2) is 0 Å². The third kappa shape index (κ3) is 5.10. The molecule has 1 aromatic carbocycles. The van der Waals surface area contributed by atoms with Gasteiger partial charge >= 0.3 is 10.2 Å². The summed E-state index contributed by atoms with van der Waals surface area (Å²) in [6.45, 7) is 0. The Morgan fingerprint density at radius 1 is 1.32 bits per heavy atom. The van der Waals surface area contributed by atoms with Crippen molar-refractivity contribution in [1.29, 1.82) is 0 Å². The van der Waals surface area contributed by atoms with Gasteiger partial charge in [-0.2, -0.15) is 8.42 Å².